The van der Waals surface area contributed by atoms with Crippen LogP contribution in [0.15, 0.2) is 296 Å². The van der Waals surface area contributed by atoms with E-state index in [1.54, 1.807) is 0 Å². The van der Waals surface area contributed by atoms with Gasteiger partial charge in [0.15, 0.2) is 36.6 Å². The maximum Gasteiger partial charge on any atom is 0.221 e. The molecule has 2 aliphatic heterocycles. The molecule has 0 bridgehead atoms. The number of carbonyl (C=O) groups excluding carboxylic acids is 3. The van der Waals surface area contributed by atoms with Crippen molar-refractivity contribution in [1.29, 1.82) is 0 Å². The number of hydrogen-bond donors (Lipinski definition) is 3. The van der Waals surface area contributed by atoms with Crippen molar-refractivity contribution in [2.75, 3.05) is 0 Å². The van der Waals surface area contributed by atoms with Gasteiger partial charge in [-0.05, 0) is 147 Å². The number of hydrogen-bond acceptors (Lipinski definition) is 9. The molecule has 0 fully saturated rings. The zero-order chi connectivity index (χ0) is 81.7. The normalized spacial score (nSPS) is 11.0. The van der Waals surface area contributed by atoms with Gasteiger partial charge in [-0.1, -0.05) is 223 Å². The molecular formula is C106H112Ir3N5O6-. The first-order chi connectivity index (χ1) is 54.6. The smallest absolute Gasteiger partial charge is 0.221 e. The SMILES string of the molecule is C.C.C.CC(=O)C=C(C)O.CC(=O)C=C(C)O.CC(C)C(=O)C=C(O)C(C)C.Cc1[c-]c(-c2ccc3ccc(C)cc3n2)cc(C)c1.Cc1[c-]c(-c2ccc3ccccc3n2)cc(C)c1.Cc1cc2ccccc2[n+]2c1-c1ccccc1C2.Cc1ccc2ccc(-c3[c-]cccc3)nc2c1.[Ir].[Ir].[Ir].c1ccc2c(c1)C[n+]1ccc3ccccc3c1-2. The largest absolute Gasteiger partial charge is 0.512 e. The van der Waals surface area contributed by atoms with Gasteiger partial charge in [-0.3, -0.25) is 29.3 Å². The topological polar surface area (TPSA) is 158 Å². The Kier molecular flexibility index (Phi) is 40.6. The first-order valence-electron chi connectivity index (χ1n) is 38.4. The van der Waals surface area contributed by atoms with Gasteiger partial charge in [0, 0.05) is 125 Å². The molecule has 0 unspecified atom stereocenters. The summed E-state index contributed by atoms with van der Waals surface area (Å²) in [6.07, 6.45) is 5.84. The second kappa shape index (κ2) is 48.2. The number of ketones is 3. The number of para-hydroxylation sites is 2. The van der Waals surface area contributed by atoms with Crippen molar-refractivity contribution in [2.45, 2.75) is 139 Å². The molecule has 15 aromatic rings. The average Bonchev–Trinajstić information content (AvgIpc) is 1.68. The summed E-state index contributed by atoms with van der Waals surface area (Å²) in [5.41, 5.74) is 27.6. The van der Waals surface area contributed by atoms with Crippen LogP contribution in [0.2, 0.25) is 0 Å². The fourth-order valence-corrected chi connectivity index (χ4v) is 13.5. The summed E-state index contributed by atoms with van der Waals surface area (Å²) in [6, 6.07) is 98.9. The van der Waals surface area contributed by atoms with Crippen molar-refractivity contribution < 1.29 is 99.2 Å². The van der Waals surface area contributed by atoms with Gasteiger partial charge in [0.1, 0.15) is 0 Å². The number of carbonyl (C=O) groups is 3. The van der Waals surface area contributed by atoms with Crippen LogP contribution in [0.5, 0.6) is 0 Å². The van der Waals surface area contributed by atoms with Crippen LogP contribution < -0.4 is 9.13 Å². The van der Waals surface area contributed by atoms with E-state index in [9.17, 15) is 19.5 Å². The standard InChI is InChI=1S/C18H16N.2C17H14N.2C16H12N.C9H16O2.2C5H8O2.3CH4.3Ir/c1-12-4-5-15-6-7-17(19-18(15)11-12)16-9-13(2)8-14(3)10-16;1-12-10-13-6-3-5-9-16(13)18-11-14-7-2-4-8-15(14)17(12)18;1-12-9-13(2)11-15(10-12)17-8-7-14-5-3-4-6-16(14)18-17;1-3-7-14-12(5-1)9-10-17-11-13-6-2-4-8-15(13)16(14)17;1-12-7-8-14-9-10-15(17-16(14)11-12)13-5-3-2-4-6-13;1-6(2)8(10)5-9(11)7(3)4;2*1-4(6)3-5(2)7;;;;;;/h4-9,11H,1-3H3;2-10H,11H2,1H3;3-10H,1-2H3;1-10H,11H2;2-5,7-11H,1H3;5-7,10H,1-4H3;2*3,6H,1-2H3;3*1H4;;;/q-1;+1;-1;+1;-1;;;;;;;;;. The molecule has 11 nitrogen and oxygen atoms in total. The molecule has 5 aromatic heterocycles. The first-order valence-corrected chi connectivity index (χ1v) is 38.4. The molecule has 0 atom stereocenters. The van der Waals surface area contributed by atoms with Crippen LogP contribution in [-0.2, 0) is 87.8 Å². The summed E-state index contributed by atoms with van der Waals surface area (Å²) in [5.74, 6) is 0.0356. The predicted molar refractivity (Wildman–Crippen MR) is 488 cm³/mol. The third-order valence-corrected chi connectivity index (χ3v) is 18.8. The van der Waals surface area contributed by atoms with Crippen molar-refractivity contribution in [3.8, 4) is 56.3 Å². The molecule has 120 heavy (non-hydrogen) atoms. The fraction of sp³-hybridized carbons (Fsp3) is 0.208. The molecule has 17 rings (SSSR count). The van der Waals surface area contributed by atoms with Gasteiger partial charge < -0.3 is 15.3 Å². The molecule has 0 amide bonds. The Morgan fingerprint density at radius 2 is 0.833 bits per heavy atom. The second-order valence-electron chi connectivity index (χ2n) is 29.5. The van der Waals surface area contributed by atoms with Gasteiger partial charge in [-0.2, -0.15) is 9.13 Å². The van der Waals surface area contributed by atoms with Crippen LogP contribution in [-0.4, -0.2) is 47.6 Å². The third-order valence-electron chi connectivity index (χ3n) is 18.8. The van der Waals surface area contributed by atoms with Gasteiger partial charge in [-0.25, -0.2) is 0 Å². The monoisotopic (exact) mass is 2130 g/mol. The Labute approximate surface area is 751 Å². The number of fused-ring (bicyclic) bond motifs is 13. The molecule has 0 saturated heterocycles. The van der Waals surface area contributed by atoms with Gasteiger partial charge in [0.25, 0.3) is 0 Å². The number of aromatic nitrogens is 5. The summed E-state index contributed by atoms with van der Waals surface area (Å²) in [7, 11) is 0. The molecule has 3 radical (unpaired) electrons. The Hall–Kier alpha value is -11.2. The summed E-state index contributed by atoms with van der Waals surface area (Å²) >= 11 is 0. The summed E-state index contributed by atoms with van der Waals surface area (Å²) < 4.78 is 4.78. The number of benzene rings is 10. The number of nitrogens with zero attached hydrogens (tertiary/aromatic N) is 5. The number of allylic oxidation sites excluding steroid dienone is 6. The van der Waals surface area contributed by atoms with Crippen LogP contribution in [0.4, 0.5) is 0 Å². The minimum Gasteiger partial charge on any atom is -0.512 e. The molecule has 0 spiro atoms. The summed E-state index contributed by atoms with van der Waals surface area (Å²) in [4.78, 5) is 45.2. The van der Waals surface area contributed by atoms with E-state index in [2.05, 4.69) is 293 Å². The van der Waals surface area contributed by atoms with Crippen LogP contribution in [0.25, 0.3) is 111 Å². The van der Waals surface area contributed by atoms with Crippen molar-refractivity contribution in [1.82, 2.24) is 15.0 Å². The van der Waals surface area contributed by atoms with Crippen LogP contribution in [0, 0.1) is 78.5 Å². The summed E-state index contributed by atoms with van der Waals surface area (Å²) in [6.45, 7) is 29.7. The Morgan fingerprint density at radius 1 is 0.400 bits per heavy atom. The predicted octanol–water partition coefficient (Wildman–Crippen LogP) is 25.9. The summed E-state index contributed by atoms with van der Waals surface area (Å²) in [5, 5.41) is 33.4. The minimum absolute atomic E-state index is 0. The molecule has 0 saturated carbocycles. The van der Waals surface area contributed by atoms with E-state index in [4.69, 9.17) is 20.2 Å². The van der Waals surface area contributed by atoms with Gasteiger partial charge >= 0.3 is 0 Å². The second-order valence-corrected chi connectivity index (χ2v) is 29.5. The van der Waals surface area contributed by atoms with E-state index in [0.29, 0.717) is 0 Å². The van der Waals surface area contributed by atoms with Gasteiger partial charge in [-0.15, -0.1) is 106 Å². The molecule has 3 N–H and O–H groups in total. The van der Waals surface area contributed by atoms with E-state index >= 15 is 0 Å². The number of aliphatic hydroxyl groups is 3. The molecule has 625 valence electrons. The zero-order valence-corrected chi connectivity index (χ0v) is 76.1. The molecular weight excluding hydrogens is 2020 g/mol. The fourth-order valence-electron chi connectivity index (χ4n) is 13.5. The van der Waals surface area contributed by atoms with E-state index in [-0.39, 0.29) is 129 Å². The molecule has 0 aliphatic carbocycles. The van der Waals surface area contributed by atoms with Crippen molar-refractivity contribution in [3.05, 3.63) is 365 Å². The first kappa shape index (κ1) is 101. The van der Waals surface area contributed by atoms with E-state index in [0.717, 1.165) is 74.5 Å². The number of aryl methyl sites for hydroxylation is 7. The quantitative estimate of drug-likeness (QED) is 0.0583. The van der Waals surface area contributed by atoms with Crippen LogP contribution in [0.1, 0.15) is 128 Å². The van der Waals surface area contributed by atoms with Crippen LogP contribution in [0.3, 0.4) is 0 Å². The third kappa shape index (κ3) is 28.2. The Balaban J connectivity index is 0.000000292. The number of aliphatic hydroxyl groups excluding tert-OH is 3. The van der Waals surface area contributed by atoms with Crippen LogP contribution >= 0.6 is 0 Å². The Bertz CT molecular complexity index is 6010. The van der Waals surface area contributed by atoms with E-state index in [1.807, 2.05) is 76.2 Å². The van der Waals surface area contributed by atoms with Gasteiger partial charge in [0.05, 0.1) is 50.3 Å². The molecule has 7 heterocycles. The Morgan fingerprint density at radius 3 is 1.32 bits per heavy atom. The van der Waals surface area contributed by atoms with Crippen molar-refractivity contribution in [3.63, 3.8) is 0 Å². The maximum atomic E-state index is 11.0. The van der Waals surface area contributed by atoms with Crippen molar-refractivity contribution in [2.24, 2.45) is 11.8 Å². The minimum atomic E-state index is -0.125. The van der Waals surface area contributed by atoms with E-state index in [1.165, 1.54) is 145 Å². The number of rotatable bonds is 8. The number of pyridine rings is 5. The molecule has 2 aliphatic rings. The van der Waals surface area contributed by atoms with Crippen molar-refractivity contribution >= 4 is 71.7 Å². The zero-order valence-electron chi connectivity index (χ0n) is 68.9. The van der Waals surface area contributed by atoms with E-state index < -0.39 is 0 Å². The molecule has 10 aromatic carbocycles. The van der Waals surface area contributed by atoms with Gasteiger partial charge in [0.2, 0.25) is 16.9 Å². The average molecular weight is 2130 g/mol. The molecule has 14 heteroatoms. The maximum absolute atomic E-state index is 11.0.